The quantitative estimate of drug-likeness (QED) is 0.177. The summed E-state index contributed by atoms with van der Waals surface area (Å²) in [6.45, 7) is 0. The first-order valence-corrected chi connectivity index (χ1v) is 21.5. The zero-order valence-electron chi connectivity index (χ0n) is 34.1. The van der Waals surface area contributed by atoms with Crippen LogP contribution in [0.3, 0.4) is 0 Å². The van der Waals surface area contributed by atoms with Crippen molar-refractivity contribution in [3.05, 3.63) is 243 Å². The van der Waals surface area contributed by atoms with Crippen LogP contribution in [0.25, 0.3) is 34.0 Å². The molecule has 0 N–H and O–H groups in total. The third-order valence-corrected chi connectivity index (χ3v) is 14.2. The normalized spacial score (nSPS) is 21.9. The lowest BCUT2D eigenvalue weighted by atomic mass is 9.63. The second-order valence-corrected chi connectivity index (χ2v) is 17.1. The van der Waals surface area contributed by atoms with E-state index in [1.165, 1.54) is 82.9 Å². The Balaban J connectivity index is 1.00. The first-order valence-electron chi connectivity index (χ1n) is 21.5. The van der Waals surface area contributed by atoms with Crippen molar-refractivity contribution in [1.82, 2.24) is 9.80 Å². The van der Waals surface area contributed by atoms with Gasteiger partial charge in [-0.05, 0) is 111 Å². The van der Waals surface area contributed by atoms with Crippen LogP contribution in [-0.2, 0) is 5.41 Å². The molecule has 3 heteroatoms. The molecule has 0 saturated heterocycles. The van der Waals surface area contributed by atoms with Gasteiger partial charge in [0.2, 0.25) is 0 Å². The highest BCUT2D eigenvalue weighted by atomic mass is 16.5. The molecule has 0 radical (unpaired) electrons. The standard InChI is InChI=1S/C57H46N2O/c1-58-52(41-30-32-44-39(34-41)29-28-37-16-6-7-19-42(37)44)36-53(59(2)56(58)38-17-4-3-5-18-38)47-23-9-8-20-43(47)40-31-33-51-55(35-40)60-54-27-15-14-26-50(54)57(51)48-24-12-10-21-45(48)46-22-11-13-25-49(46)57/h3-28,30,32,34-36,39,52,56H,29,31,33H2,1-2H3. The molecule has 3 unspecified atom stereocenters. The maximum absolute atomic E-state index is 7.01. The second kappa shape index (κ2) is 13.7. The lowest BCUT2D eigenvalue weighted by Crippen LogP contribution is -2.46. The summed E-state index contributed by atoms with van der Waals surface area (Å²) >= 11 is 0. The molecule has 0 fully saturated rings. The van der Waals surface area contributed by atoms with Crippen LogP contribution in [0.15, 0.2) is 199 Å². The monoisotopic (exact) mass is 774 g/mol. The van der Waals surface area contributed by atoms with Gasteiger partial charge in [0.15, 0.2) is 0 Å². The molecule has 290 valence electrons. The molecule has 0 bridgehead atoms. The van der Waals surface area contributed by atoms with E-state index in [-0.39, 0.29) is 12.2 Å². The van der Waals surface area contributed by atoms with Crippen molar-refractivity contribution < 1.29 is 4.74 Å². The third-order valence-electron chi connectivity index (χ3n) is 14.2. The number of hydrogen-bond donors (Lipinski definition) is 0. The number of likely N-dealkylation sites (N-methyl/N-ethyl adjacent to an activating group) is 1. The molecule has 2 heterocycles. The first kappa shape index (κ1) is 35.3. The number of hydrogen-bond acceptors (Lipinski definition) is 3. The Labute approximate surface area is 352 Å². The van der Waals surface area contributed by atoms with E-state index < -0.39 is 5.41 Å². The van der Waals surface area contributed by atoms with Gasteiger partial charge in [-0.15, -0.1) is 0 Å². The minimum Gasteiger partial charge on any atom is -0.457 e. The van der Waals surface area contributed by atoms with Crippen molar-refractivity contribution in [2.24, 2.45) is 5.92 Å². The van der Waals surface area contributed by atoms with Gasteiger partial charge in [-0.25, -0.2) is 0 Å². The summed E-state index contributed by atoms with van der Waals surface area (Å²) < 4.78 is 7.01. The lowest BCUT2D eigenvalue weighted by Gasteiger charge is -2.47. The highest BCUT2D eigenvalue weighted by Crippen LogP contribution is 2.62. The zero-order valence-corrected chi connectivity index (χ0v) is 34.1. The van der Waals surface area contributed by atoms with Crippen LogP contribution in [-0.4, -0.2) is 29.9 Å². The van der Waals surface area contributed by atoms with Crippen LogP contribution in [0.5, 0.6) is 5.75 Å². The van der Waals surface area contributed by atoms with Crippen molar-refractivity contribution in [2.45, 2.75) is 36.9 Å². The average molecular weight is 775 g/mol. The highest BCUT2D eigenvalue weighted by molar-refractivity contribution is 5.89. The molecule has 3 nitrogen and oxygen atoms in total. The molecule has 1 spiro atoms. The van der Waals surface area contributed by atoms with Crippen molar-refractivity contribution in [3.63, 3.8) is 0 Å². The highest BCUT2D eigenvalue weighted by Gasteiger charge is 2.52. The fourth-order valence-corrected chi connectivity index (χ4v) is 11.6. The Kier molecular flexibility index (Phi) is 8.05. The van der Waals surface area contributed by atoms with E-state index in [1.54, 1.807) is 0 Å². The van der Waals surface area contributed by atoms with Crippen LogP contribution in [0, 0.1) is 5.92 Å². The maximum Gasteiger partial charge on any atom is 0.132 e. The molecule has 4 aliphatic carbocycles. The minimum atomic E-state index is -0.400. The third kappa shape index (κ3) is 5.12. The van der Waals surface area contributed by atoms with Crippen LogP contribution < -0.4 is 15.2 Å². The first-order chi connectivity index (χ1) is 29.6. The van der Waals surface area contributed by atoms with E-state index in [9.17, 15) is 0 Å². The van der Waals surface area contributed by atoms with E-state index >= 15 is 0 Å². The second-order valence-electron chi connectivity index (χ2n) is 17.1. The van der Waals surface area contributed by atoms with Crippen molar-refractivity contribution >= 4 is 22.9 Å². The van der Waals surface area contributed by atoms with Gasteiger partial charge >= 0.3 is 0 Å². The van der Waals surface area contributed by atoms with Crippen LogP contribution >= 0.6 is 0 Å². The molecule has 12 rings (SSSR count). The molecule has 3 atom stereocenters. The summed E-state index contributed by atoms with van der Waals surface area (Å²) in [5.74, 6) is 2.29. The zero-order chi connectivity index (χ0) is 40.0. The van der Waals surface area contributed by atoms with E-state index in [0.29, 0.717) is 5.92 Å². The van der Waals surface area contributed by atoms with Gasteiger partial charge in [0.05, 0.1) is 11.5 Å². The fourth-order valence-electron chi connectivity index (χ4n) is 11.6. The Bertz CT molecular complexity index is 3010. The molecule has 0 amide bonds. The number of rotatable bonds is 4. The van der Waals surface area contributed by atoms with Gasteiger partial charge in [0.1, 0.15) is 17.7 Å². The molecule has 60 heavy (non-hydrogen) atoms. The predicted molar refractivity (Wildman–Crippen MR) is 245 cm³/mol. The van der Waals surface area contributed by atoms with Crippen molar-refractivity contribution in [3.8, 4) is 16.9 Å². The van der Waals surface area contributed by atoms with Crippen LogP contribution in [0.1, 0.15) is 58.8 Å². The van der Waals surface area contributed by atoms with Gasteiger partial charge in [-0.3, -0.25) is 4.90 Å². The number of ether oxygens (including phenoxy) is 1. The topological polar surface area (TPSA) is 15.7 Å². The molecular formula is C57H46N2O. The van der Waals surface area contributed by atoms with Crippen molar-refractivity contribution in [2.75, 3.05) is 14.1 Å². The van der Waals surface area contributed by atoms with E-state index in [0.717, 1.165) is 30.8 Å². The Morgan fingerprint density at radius 1 is 0.600 bits per heavy atom. The molecule has 6 aliphatic rings. The fraction of sp³-hybridized carbons (Fsp3) is 0.158. The van der Waals surface area contributed by atoms with Gasteiger partial charge < -0.3 is 9.64 Å². The maximum atomic E-state index is 7.01. The summed E-state index contributed by atoms with van der Waals surface area (Å²) in [4.78, 5) is 5.03. The van der Waals surface area contributed by atoms with Gasteiger partial charge in [-0.1, -0.05) is 170 Å². The molecule has 0 saturated carbocycles. The number of fused-ring (bicyclic) bond motifs is 10. The lowest BCUT2D eigenvalue weighted by molar-refractivity contribution is 0.102. The number of para-hydroxylation sites is 1. The molecule has 0 aromatic heterocycles. The van der Waals surface area contributed by atoms with Crippen LogP contribution in [0.2, 0.25) is 0 Å². The molecule has 6 aromatic carbocycles. The number of allylic oxidation sites excluding steroid dienone is 5. The SMILES string of the molecule is CN1C(c2ccccc2C2=CC3=C(CC2)C2(c4ccccc4O3)c3ccccc3-c3ccccc32)=CC(C2=CC3CC=c4ccccc4=C3C=C2)N(C)C1c1ccccc1. The Morgan fingerprint density at radius 2 is 1.25 bits per heavy atom. The van der Waals surface area contributed by atoms with E-state index in [2.05, 4.69) is 212 Å². The summed E-state index contributed by atoms with van der Waals surface area (Å²) in [6.07, 6.45) is 17.5. The average Bonchev–Trinajstić information content (AvgIpc) is 3.59. The largest absolute Gasteiger partial charge is 0.457 e. The minimum absolute atomic E-state index is 0.0396. The van der Waals surface area contributed by atoms with Gasteiger partial charge in [0, 0.05) is 29.8 Å². The van der Waals surface area contributed by atoms with E-state index in [1.807, 2.05) is 0 Å². The predicted octanol–water partition coefficient (Wildman–Crippen LogP) is 11.0. The summed E-state index contributed by atoms with van der Waals surface area (Å²) in [7, 11) is 4.56. The van der Waals surface area contributed by atoms with Gasteiger partial charge in [-0.2, -0.15) is 0 Å². The summed E-state index contributed by atoms with van der Waals surface area (Å²) in [6, 6.07) is 55.8. The summed E-state index contributed by atoms with van der Waals surface area (Å²) in [5.41, 5.74) is 16.7. The van der Waals surface area contributed by atoms with Gasteiger partial charge in [0.25, 0.3) is 0 Å². The molecule has 6 aromatic rings. The number of nitrogens with zero attached hydrogens (tertiary/aromatic N) is 2. The van der Waals surface area contributed by atoms with E-state index in [4.69, 9.17) is 4.74 Å². The molecular weight excluding hydrogens is 729 g/mol. The van der Waals surface area contributed by atoms with Crippen LogP contribution in [0.4, 0.5) is 0 Å². The summed E-state index contributed by atoms with van der Waals surface area (Å²) in [5, 5.41) is 2.71. The Hall–Kier alpha value is -6.68. The smallest absolute Gasteiger partial charge is 0.132 e. The number of benzene rings is 6. The Morgan fingerprint density at radius 3 is 2.03 bits per heavy atom. The van der Waals surface area contributed by atoms with Crippen molar-refractivity contribution in [1.29, 1.82) is 0 Å². The molecule has 2 aliphatic heterocycles.